The lowest BCUT2D eigenvalue weighted by Gasteiger charge is -2.10. The monoisotopic (exact) mass is 306 g/mol. The normalized spacial score (nSPS) is 15.9. The van der Waals surface area contributed by atoms with E-state index in [9.17, 15) is 8.42 Å². The Labute approximate surface area is 102 Å². The zero-order chi connectivity index (χ0) is 11.8. The van der Waals surface area contributed by atoms with Gasteiger partial charge in [0.15, 0.2) is 5.75 Å². The van der Waals surface area contributed by atoms with Crippen LogP contribution >= 0.6 is 15.9 Å². The Hall–Kier alpha value is -0.820. The molecule has 5 nitrogen and oxygen atoms in total. The molecule has 1 aliphatic carbocycles. The second-order valence-electron chi connectivity index (χ2n) is 3.69. The minimum atomic E-state index is -3.30. The van der Waals surface area contributed by atoms with Crippen LogP contribution in [0.1, 0.15) is 12.8 Å². The third kappa shape index (κ3) is 3.08. The number of sulfonamides is 1. The fourth-order valence-electron chi connectivity index (χ4n) is 1.14. The molecule has 1 fully saturated rings. The summed E-state index contributed by atoms with van der Waals surface area (Å²) in [6, 6.07) is 0. The molecule has 1 aliphatic rings. The van der Waals surface area contributed by atoms with E-state index < -0.39 is 10.0 Å². The summed E-state index contributed by atoms with van der Waals surface area (Å²) in [6.45, 7) is 0. The van der Waals surface area contributed by atoms with E-state index >= 15 is 0 Å². The third-order valence-electron chi connectivity index (χ3n) is 1.96. The number of pyridine rings is 1. The Kier molecular flexibility index (Phi) is 3.07. The smallest absolute Gasteiger partial charge is 0.229 e. The van der Waals surface area contributed by atoms with Gasteiger partial charge >= 0.3 is 0 Å². The van der Waals surface area contributed by atoms with Gasteiger partial charge in [-0.15, -0.1) is 0 Å². The van der Waals surface area contributed by atoms with Crippen LogP contribution in [-0.4, -0.2) is 25.8 Å². The summed E-state index contributed by atoms with van der Waals surface area (Å²) in [5.74, 6) is 0.566. The third-order valence-corrected chi connectivity index (χ3v) is 3.37. The zero-order valence-corrected chi connectivity index (χ0v) is 11.0. The molecule has 1 heterocycles. The maximum atomic E-state index is 11.1. The second kappa shape index (κ2) is 4.21. The highest BCUT2D eigenvalue weighted by Crippen LogP contribution is 2.35. The molecule has 0 aliphatic heterocycles. The summed E-state index contributed by atoms with van der Waals surface area (Å²) in [6.07, 6.45) is 6.41. The van der Waals surface area contributed by atoms with Crippen molar-refractivity contribution in [1.82, 2.24) is 4.98 Å². The van der Waals surface area contributed by atoms with E-state index in [0.717, 1.165) is 19.1 Å². The number of aromatic nitrogens is 1. The Morgan fingerprint density at radius 1 is 1.50 bits per heavy atom. The van der Waals surface area contributed by atoms with Crippen LogP contribution in [0, 0.1) is 0 Å². The summed E-state index contributed by atoms with van der Waals surface area (Å²) in [5, 5.41) is 0. The first kappa shape index (κ1) is 11.7. The van der Waals surface area contributed by atoms with Gasteiger partial charge in [0.25, 0.3) is 0 Å². The summed E-state index contributed by atoms with van der Waals surface area (Å²) in [7, 11) is -3.30. The summed E-state index contributed by atoms with van der Waals surface area (Å²) < 4.78 is 30.7. The van der Waals surface area contributed by atoms with Gasteiger partial charge in [-0.25, -0.2) is 8.42 Å². The quantitative estimate of drug-likeness (QED) is 0.920. The maximum Gasteiger partial charge on any atom is 0.229 e. The Morgan fingerprint density at radius 3 is 2.75 bits per heavy atom. The number of ether oxygens (including phenoxy) is 1. The number of nitrogens with zero attached hydrogens (tertiary/aromatic N) is 1. The molecule has 1 aromatic rings. The van der Waals surface area contributed by atoms with Crippen LogP contribution in [0.15, 0.2) is 16.9 Å². The topological polar surface area (TPSA) is 68.3 Å². The van der Waals surface area contributed by atoms with Gasteiger partial charge in [0.2, 0.25) is 10.0 Å². The van der Waals surface area contributed by atoms with E-state index in [1.165, 1.54) is 6.20 Å². The number of hydrogen-bond acceptors (Lipinski definition) is 4. The molecular weight excluding hydrogens is 296 g/mol. The number of nitrogens with one attached hydrogen (secondary N) is 1. The molecule has 0 saturated heterocycles. The summed E-state index contributed by atoms with van der Waals surface area (Å²) in [4.78, 5) is 3.93. The molecule has 0 radical (unpaired) electrons. The van der Waals surface area contributed by atoms with Gasteiger partial charge < -0.3 is 4.74 Å². The van der Waals surface area contributed by atoms with Gasteiger partial charge in [-0.2, -0.15) is 0 Å². The van der Waals surface area contributed by atoms with Crippen LogP contribution in [0.2, 0.25) is 0 Å². The van der Waals surface area contributed by atoms with Crippen molar-refractivity contribution in [2.24, 2.45) is 0 Å². The summed E-state index contributed by atoms with van der Waals surface area (Å²) in [5.41, 5.74) is 0.389. The van der Waals surface area contributed by atoms with Gasteiger partial charge in [-0.1, -0.05) is 0 Å². The predicted molar refractivity (Wildman–Crippen MR) is 64.1 cm³/mol. The number of anilines is 1. The molecule has 0 amide bonds. The summed E-state index contributed by atoms with van der Waals surface area (Å²) >= 11 is 3.30. The Bertz CT molecular complexity index is 499. The second-order valence-corrected chi connectivity index (χ2v) is 6.23. The zero-order valence-electron chi connectivity index (χ0n) is 8.60. The van der Waals surface area contributed by atoms with E-state index in [0.29, 0.717) is 15.9 Å². The number of halogens is 1. The lowest BCUT2D eigenvalue weighted by molar-refractivity contribution is 0.300. The minimum Gasteiger partial charge on any atom is -0.488 e. The fraction of sp³-hybridized carbons (Fsp3) is 0.444. The molecule has 0 bridgehead atoms. The Balaban J connectivity index is 2.24. The number of hydrogen-bond donors (Lipinski definition) is 1. The van der Waals surface area contributed by atoms with E-state index in [2.05, 4.69) is 25.6 Å². The average molecular weight is 307 g/mol. The molecule has 88 valence electrons. The highest BCUT2D eigenvalue weighted by molar-refractivity contribution is 9.10. The average Bonchev–Trinajstić information content (AvgIpc) is 2.93. The lowest BCUT2D eigenvalue weighted by atomic mass is 10.4. The van der Waals surface area contributed by atoms with Crippen LogP contribution in [0.3, 0.4) is 0 Å². The van der Waals surface area contributed by atoms with Crippen molar-refractivity contribution in [3.8, 4) is 5.75 Å². The number of rotatable bonds is 4. The van der Waals surface area contributed by atoms with Gasteiger partial charge in [0.1, 0.15) is 0 Å². The van der Waals surface area contributed by atoms with Crippen LogP contribution < -0.4 is 9.46 Å². The van der Waals surface area contributed by atoms with Gasteiger partial charge in [0, 0.05) is 0 Å². The first-order valence-electron chi connectivity index (χ1n) is 4.73. The van der Waals surface area contributed by atoms with Crippen molar-refractivity contribution >= 4 is 31.6 Å². The van der Waals surface area contributed by atoms with Crippen molar-refractivity contribution < 1.29 is 13.2 Å². The molecule has 1 saturated carbocycles. The lowest BCUT2D eigenvalue weighted by Crippen LogP contribution is -2.10. The van der Waals surface area contributed by atoms with Crippen molar-refractivity contribution in [1.29, 1.82) is 0 Å². The molecule has 2 rings (SSSR count). The van der Waals surface area contributed by atoms with Crippen molar-refractivity contribution in [2.45, 2.75) is 18.9 Å². The van der Waals surface area contributed by atoms with Crippen LogP contribution in [-0.2, 0) is 10.0 Å². The van der Waals surface area contributed by atoms with Crippen LogP contribution in [0.25, 0.3) is 0 Å². The SMILES string of the molecule is CS(=O)(=O)Nc1cncc(OC2CC2)c1Br. The fourth-order valence-corrected chi connectivity index (χ4v) is 2.23. The predicted octanol–water partition coefficient (Wildman–Crippen LogP) is 1.76. The van der Waals surface area contributed by atoms with Crippen molar-refractivity contribution in [2.75, 3.05) is 11.0 Å². The van der Waals surface area contributed by atoms with Gasteiger partial charge in [-0.05, 0) is 28.8 Å². The van der Waals surface area contributed by atoms with Gasteiger partial charge in [0.05, 0.1) is 34.9 Å². The van der Waals surface area contributed by atoms with Crippen LogP contribution in [0.4, 0.5) is 5.69 Å². The molecule has 16 heavy (non-hydrogen) atoms. The first-order valence-corrected chi connectivity index (χ1v) is 7.42. The molecule has 1 N–H and O–H groups in total. The molecule has 0 aromatic carbocycles. The first-order chi connectivity index (χ1) is 7.46. The molecule has 0 unspecified atom stereocenters. The van der Waals surface area contributed by atoms with E-state index in [-0.39, 0.29) is 6.10 Å². The maximum absolute atomic E-state index is 11.1. The highest BCUT2D eigenvalue weighted by atomic mass is 79.9. The Morgan fingerprint density at radius 2 is 2.19 bits per heavy atom. The molecule has 0 spiro atoms. The molecule has 0 atom stereocenters. The largest absolute Gasteiger partial charge is 0.488 e. The molecule has 7 heteroatoms. The van der Waals surface area contributed by atoms with E-state index in [4.69, 9.17) is 4.74 Å². The van der Waals surface area contributed by atoms with Crippen LogP contribution in [0.5, 0.6) is 5.75 Å². The van der Waals surface area contributed by atoms with E-state index in [1.54, 1.807) is 6.20 Å². The molecular formula is C9H11BrN2O3S. The van der Waals surface area contributed by atoms with Gasteiger partial charge in [-0.3, -0.25) is 9.71 Å². The highest BCUT2D eigenvalue weighted by Gasteiger charge is 2.25. The standard InChI is InChI=1S/C9H11BrN2O3S/c1-16(13,14)12-7-4-11-5-8(9(7)10)15-6-2-3-6/h4-6,12H,2-3H2,1H3. The van der Waals surface area contributed by atoms with E-state index in [1.807, 2.05) is 0 Å². The van der Waals surface area contributed by atoms with Crippen molar-refractivity contribution in [3.05, 3.63) is 16.9 Å². The molecule has 1 aromatic heterocycles. The van der Waals surface area contributed by atoms with Crippen molar-refractivity contribution in [3.63, 3.8) is 0 Å². The minimum absolute atomic E-state index is 0.242.